The van der Waals surface area contributed by atoms with Crippen LogP contribution in [0.4, 0.5) is 11.5 Å². The summed E-state index contributed by atoms with van der Waals surface area (Å²) in [6, 6.07) is 3.21. The fourth-order valence-electron chi connectivity index (χ4n) is 2.38. The first kappa shape index (κ1) is 15.2. The number of hydrogen-bond acceptors (Lipinski definition) is 5. The van der Waals surface area contributed by atoms with E-state index in [1.165, 1.54) is 17.2 Å². The quantitative estimate of drug-likeness (QED) is 0.413. The van der Waals surface area contributed by atoms with Gasteiger partial charge in [0.2, 0.25) is 0 Å². The van der Waals surface area contributed by atoms with Gasteiger partial charge in [0, 0.05) is 12.1 Å². The minimum absolute atomic E-state index is 0.0466. The molecule has 1 aliphatic rings. The number of pyridine rings is 1. The van der Waals surface area contributed by atoms with Gasteiger partial charge in [-0.2, -0.15) is 0 Å². The summed E-state index contributed by atoms with van der Waals surface area (Å²) in [6.07, 6.45) is 1.40. The zero-order valence-corrected chi connectivity index (χ0v) is 12.0. The van der Waals surface area contributed by atoms with Gasteiger partial charge in [-0.3, -0.25) is 15.0 Å². The van der Waals surface area contributed by atoms with E-state index in [0.29, 0.717) is 13.2 Å². The molecule has 2 N–H and O–H groups in total. The van der Waals surface area contributed by atoms with Gasteiger partial charge in [0.1, 0.15) is 26.2 Å². The van der Waals surface area contributed by atoms with Crippen molar-refractivity contribution in [2.45, 2.75) is 6.92 Å². The summed E-state index contributed by atoms with van der Waals surface area (Å²) in [5, 5.41) is 10.6. The second-order valence-corrected chi connectivity index (χ2v) is 4.91. The highest BCUT2D eigenvalue weighted by Gasteiger charge is 2.28. The molecule has 1 aromatic rings. The summed E-state index contributed by atoms with van der Waals surface area (Å²) in [7, 11) is 0. The van der Waals surface area contributed by atoms with Crippen LogP contribution < -0.4 is 14.8 Å². The standard InChI is InChI=1S/C13H18N4O4/c1-2-21-13(18)10-15-5-7-16(8-6-15)12-4-3-11(9-14-12)17(19)20/h3-4,9H,2,5-8,10H2,1H3/p+2. The highest BCUT2D eigenvalue weighted by atomic mass is 16.6. The van der Waals surface area contributed by atoms with Crippen molar-refractivity contribution in [2.24, 2.45) is 0 Å². The molecule has 0 saturated carbocycles. The lowest BCUT2D eigenvalue weighted by atomic mass is 10.3. The number of piperazine rings is 1. The number of ether oxygens (including phenoxy) is 1. The van der Waals surface area contributed by atoms with E-state index < -0.39 is 4.92 Å². The number of aromatic amines is 1. The minimum Gasteiger partial charge on any atom is -0.462 e. The van der Waals surface area contributed by atoms with Gasteiger partial charge in [-0.1, -0.05) is 0 Å². The van der Waals surface area contributed by atoms with E-state index in [1.807, 2.05) is 0 Å². The van der Waals surface area contributed by atoms with Crippen molar-refractivity contribution < 1.29 is 24.3 Å². The average Bonchev–Trinajstić information content (AvgIpc) is 2.48. The van der Waals surface area contributed by atoms with Gasteiger partial charge in [-0.25, -0.2) is 9.78 Å². The highest BCUT2D eigenvalue weighted by Crippen LogP contribution is 2.11. The number of nitrogens with one attached hydrogen (secondary N) is 2. The summed E-state index contributed by atoms with van der Waals surface area (Å²) < 4.78 is 4.95. The third-order valence-electron chi connectivity index (χ3n) is 3.50. The van der Waals surface area contributed by atoms with Gasteiger partial charge in [0.05, 0.1) is 11.5 Å². The monoisotopic (exact) mass is 296 g/mol. The molecule has 0 unspecified atom stereocenters. The number of quaternary nitrogens is 1. The van der Waals surface area contributed by atoms with E-state index in [-0.39, 0.29) is 11.7 Å². The first-order valence-electron chi connectivity index (χ1n) is 7.00. The highest BCUT2D eigenvalue weighted by molar-refractivity contribution is 5.70. The predicted molar refractivity (Wildman–Crippen MR) is 74.1 cm³/mol. The zero-order valence-electron chi connectivity index (χ0n) is 12.0. The van der Waals surface area contributed by atoms with Crippen molar-refractivity contribution in [3.05, 3.63) is 28.4 Å². The molecule has 0 radical (unpaired) electrons. The molecule has 1 aromatic heterocycles. The maximum absolute atomic E-state index is 11.4. The molecule has 2 rings (SSSR count). The Balaban J connectivity index is 1.86. The lowest BCUT2D eigenvalue weighted by Crippen LogP contribution is -3.15. The number of hydrogen-bond donors (Lipinski definition) is 1. The lowest BCUT2D eigenvalue weighted by molar-refractivity contribution is -0.893. The average molecular weight is 296 g/mol. The largest absolute Gasteiger partial charge is 0.462 e. The molecule has 1 saturated heterocycles. The number of carbonyl (C=O) groups is 1. The Labute approximate surface area is 122 Å². The van der Waals surface area contributed by atoms with Crippen LogP contribution in [0.5, 0.6) is 0 Å². The number of carbonyl (C=O) groups excluding carboxylic acids is 1. The number of rotatable bonds is 5. The summed E-state index contributed by atoms with van der Waals surface area (Å²) >= 11 is 0. The Morgan fingerprint density at radius 2 is 2.19 bits per heavy atom. The van der Waals surface area contributed by atoms with E-state index in [2.05, 4.69) is 9.88 Å². The summed E-state index contributed by atoms with van der Waals surface area (Å²) in [4.78, 5) is 27.9. The molecule has 1 fully saturated rings. The smallest absolute Gasteiger partial charge is 0.361 e. The van der Waals surface area contributed by atoms with Crippen molar-refractivity contribution in [3.8, 4) is 0 Å². The van der Waals surface area contributed by atoms with E-state index in [0.717, 1.165) is 32.0 Å². The third-order valence-corrected chi connectivity index (χ3v) is 3.50. The van der Waals surface area contributed by atoms with Crippen LogP contribution in [0.3, 0.4) is 0 Å². The molecule has 0 aromatic carbocycles. The molecule has 8 nitrogen and oxygen atoms in total. The summed E-state index contributed by atoms with van der Waals surface area (Å²) in [5.74, 6) is 0.693. The summed E-state index contributed by atoms with van der Waals surface area (Å²) in [6.45, 7) is 5.87. The third kappa shape index (κ3) is 4.12. The first-order chi connectivity index (χ1) is 10.1. The topological polar surface area (TPSA) is 91.3 Å². The van der Waals surface area contributed by atoms with Crippen molar-refractivity contribution in [2.75, 3.05) is 44.2 Å². The van der Waals surface area contributed by atoms with E-state index in [4.69, 9.17) is 4.74 Å². The van der Waals surface area contributed by atoms with Crippen LogP contribution in [0.15, 0.2) is 18.3 Å². The number of nitro groups is 1. The lowest BCUT2D eigenvalue weighted by Gasteiger charge is -2.27. The Bertz CT molecular complexity index is 497. The number of nitrogens with zero attached hydrogens (tertiary/aromatic N) is 2. The fraction of sp³-hybridized carbons (Fsp3) is 0.538. The van der Waals surface area contributed by atoms with Crippen LogP contribution in [-0.2, 0) is 9.53 Å². The molecule has 114 valence electrons. The first-order valence-corrected chi connectivity index (χ1v) is 7.00. The van der Waals surface area contributed by atoms with E-state index in [9.17, 15) is 14.9 Å². The van der Waals surface area contributed by atoms with Gasteiger partial charge < -0.3 is 9.64 Å². The van der Waals surface area contributed by atoms with Crippen molar-refractivity contribution in [1.29, 1.82) is 0 Å². The van der Waals surface area contributed by atoms with Gasteiger partial charge in [-0.05, 0) is 6.92 Å². The Morgan fingerprint density at radius 3 is 2.71 bits per heavy atom. The molecule has 1 aliphatic heterocycles. The van der Waals surface area contributed by atoms with Crippen LogP contribution in [0.2, 0.25) is 0 Å². The molecule has 0 bridgehead atoms. The van der Waals surface area contributed by atoms with Crippen LogP contribution in [0.25, 0.3) is 0 Å². The molecule has 8 heteroatoms. The van der Waals surface area contributed by atoms with Crippen molar-refractivity contribution in [3.63, 3.8) is 0 Å². The molecular formula is C13H20N4O4+2. The number of esters is 1. The molecular weight excluding hydrogens is 276 g/mol. The number of aromatic nitrogens is 1. The van der Waals surface area contributed by atoms with Crippen LogP contribution >= 0.6 is 0 Å². The van der Waals surface area contributed by atoms with Crippen molar-refractivity contribution in [1.82, 2.24) is 0 Å². The molecule has 21 heavy (non-hydrogen) atoms. The zero-order chi connectivity index (χ0) is 15.2. The molecule has 0 spiro atoms. The normalized spacial score (nSPS) is 15.8. The summed E-state index contributed by atoms with van der Waals surface area (Å²) in [5.41, 5.74) is 0.0466. The Kier molecular flexibility index (Phi) is 5.04. The molecule has 0 atom stereocenters. The predicted octanol–water partition coefficient (Wildman–Crippen LogP) is -1.32. The second-order valence-electron chi connectivity index (χ2n) is 4.91. The SMILES string of the molecule is CCOC(=O)C[NH+]1CCN(c2ccc([N+](=O)[O-])c[nH+]2)CC1. The van der Waals surface area contributed by atoms with Gasteiger partial charge in [0.15, 0.2) is 12.7 Å². The second kappa shape index (κ2) is 6.98. The number of H-pyrrole nitrogens is 1. The Morgan fingerprint density at radius 1 is 1.48 bits per heavy atom. The number of anilines is 1. The maximum Gasteiger partial charge on any atom is 0.361 e. The van der Waals surface area contributed by atoms with Crippen molar-refractivity contribution >= 4 is 17.5 Å². The minimum atomic E-state index is -0.429. The molecule has 0 amide bonds. The Hall–Kier alpha value is -2.22. The van der Waals surface area contributed by atoms with Gasteiger partial charge >= 0.3 is 11.7 Å². The van der Waals surface area contributed by atoms with Gasteiger partial charge in [0.25, 0.3) is 5.82 Å². The molecule has 2 heterocycles. The molecule has 0 aliphatic carbocycles. The van der Waals surface area contributed by atoms with Gasteiger partial charge in [-0.15, -0.1) is 0 Å². The van der Waals surface area contributed by atoms with E-state index in [1.54, 1.807) is 13.0 Å². The van der Waals surface area contributed by atoms with Crippen LogP contribution in [-0.4, -0.2) is 50.2 Å². The van der Waals surface area contributed by atoms with Crippen LogP contribution in [0.1, 0.15) is 6.92 Å². The fourth-order valence-corrected chi connectivity index (χ4v) is 2.38. The van der Waals surface area contributed by atoms with E-state index >= 15 is 0 Å². The maximum atomic E-state index is 11.4. The van der Waals surface area contributed by atoms with Crippen LogP contribution in [0, 0.1) is 10.1 Å².